The van der Waals surface area contributed by atoms with E-state index >= 15 is 0 Å². The van der Waals surface area contributed by atoms with E-state index in [-0.39, 0.29) is 0 Å². The maximum absolute atomic E-state index is 3.69. The number of hydrogen-bond donors (Lipinski definition) is 1. The van der Waals surface area contributed by atoms with E-state index in [2.05, 4.69) is 59.4 Å². The van der Waals surface area contributed by atoms with Crippen LogP contribution in [0.2, 0.25) is 0 Å². The lowest BCUT2D eigenvalue weighted by Gasteiger charge is -2.20. The lowest BCUT2D eigenvalue weighted by atomic mass is 10.0. The third-order valence-corrected chi connectivity index (χ3v) is 4.03. The van der Waals surface area contributed by atoms with E-state index in [1.54, 1.807) is 0 Å². The van der Waals surface area contributed by atoms with Crippen LogP contribution in [0.25, 0.3) is 0 Å². The van der Waals surface area contributed by atoms with Crippen LogP contribution in [-0.2, 0) is 0 Å². The fourth-order valence-electron chi connectivity index (χ4n) is 1.98. The SMILES string of the molecule is CCC(NCC1(C)CC1)c1cccc(Br)c1. The standard InChI is InChI=1S/C14H20BrN/c1-3-13(16-10-14(2)7-8-14)11-5-4-6-12(15)9-11/h4-6,9,13,16H,3,7-8,10H2,1-2H3. The van der Waals surface area contributed by atoms with Crippen LogP contribution >= 0.6 is 15.9 Å². The fourth-order valence-corrected chi connectivity index (χ4v) is 2.40. The third kappa shape index (κ3) is 3.08. The Morgan fingerprint density at radius 3 is 2.75 bits per heavy atom. The summed E-state index contributed by atoms with van der Waals surface area (Å²) in [6.45, 7) is 5.76. The van der Waals surface area contributed by atoms with E-state index in [4.69, 9.17) is 0 Å². The van der Waals surface area contributed by atoms with Crippen molar-refractivity contribution in [2.24, 2.45) is 5.41 Å². The molecule has 0 spiro atoms. The van der Waals surface area contributed by atoms with Gasteiger partial charge in [-0.05, 0) is 42.4 Å². The Morgan fingerprint density at radius 1 is 1.44 bits per heavy atom. The molecule has 0 amide bonds. The Hall–Kier alpha value is -0.340. The van der Waals surface area contributed by atoms with Gasteiger partial charge in [-0.15, -0.1) is 0 Å². The molecule has 1 atom stereocenters. The highest BCUT2D eigenvalue weighted by Gasteiger charge is 2.37. The molecular formula is C14H20BrN. The monoisotopic (exact) mass is 281 g/mol. The summed E-state index contributed by atoms with van der Waals surface area (Å²) < 4.78 is 1.17. The van der Waals surface area contributed by atoms with Gasteiger partial charge in [-0.3, -0.25) is 0 Å². The van der Waals surface area contributed by atoms with Crippen molar-refractivity contribution in [2.45, 2.75) is 39.2 Å². The normalized spacial score (nSPS) is 19.4. The summed E-state index contributed by atoms with van der Waals surface area (Å²) in [4.78, 5) is 0. The van der Waals surface area contributed by atoms with Crippen LogP contribution < -0.4 is 5.32 Å². The van der Waals surface area contributed by atoms with Crippen LogP contribution in [0.1, 0.15) is 44.7 Å². The number of halogens is 1. The summed E-state index contributed by atoms with van der Waals surface area (Å²) in [7, 11) is 0. The van der Waals surface area contributed by atoms with Crippen molar-refractivity contribution in [1.82, 2.24) is 5.32 Å². The molecule has 0 radical (unpaired) electrons. The molecule has 1 aromatic carbocycles. The highest BCUT2D eigenvalue weighted by molar-refractivity contribution is 9.10. The lowest BCUT2D eigenvalue weighted by Crippen LogP contribution is -2.26. The average molecular weight is 282 g/mol. The minimum Gasteiger partial charge on any atom is -0.309 e. The van der Waals surface area contributed by atoms with Crippen molar-refractivity contribution in [3.63, 3.8) is 0 Å². The topological polar surface area (TPSA) is 12.0 Å². The van der Waals surface area contributed by atoms with Crippen LogP contribution in [0.4, 0.5) is 0 Å². The summed E-state index contributed by atoms with van der Waals surface area (Å²) in [5.41, 5.74) is 1.97. The summed E-state index contributed by atoms with van der Waals surface area (Å²) >= 11 is 3.53. The predicted molar refractivity (Wildman–Crippen MR) is 72.5 cm³/mol. The van der Waals surface area contributed by atoms with Crippen molar-refractivity contribution in [3.8, 4) is 0 Å². The molecule has 2 heteroatoms. The molecule has 1 aliphatic rings. The van der Waals surface area contributed by atoms with Crippen molar-refractivity contribution in [3.05, 3.63) is 34.3 Å². The van der Waals surface area contributed by atoms with Crippen LogP contribution in [0.15, 0.2) is 28.7 Å². The Kier molecular flexibility index (Phi) is 3.70. The first-order valence-corrected chi connectivity index (χ1v) is 6.91. The van der Waals surface area contributed by atoms with E-state index in [0.29, 0.717) is 11.5 Å². The predicted octanol–water partition coefficient (Wildman–Crippen LogP) is 4.29. The van der Waals surface area contributed by atoms with Gasteiger partial charge >= 0.3 is 0 Å². The zero-order valence-corrected chi connectivity index (χ0v) is 11.7. The summed E-state index contributed by atoms with van der Waals surface area (Å²) in [5, 5.41) is 3.69. The van der Waals surface area contributed by atoms with Crippen molar-refractivity contribution >= 4 is 15.9 Å². The molecule has 0 saturated heterocycles. The largest absolute Gasteiger partial charge is 0.309 e. The van der Waals surface area contributed by atoms with Crippen LogP contribution in [-0.4, -0.2) is 6.54 Å². The minimum atomic E-state index is 0.495. The molecule has 1 unspecified atom stereocenters. The molecular weight excluding hydrogens is 262 g/mol. The molecule has 0 bridgehead atoms. The van der Waals surface area contributed by atoms with Gasteiger partial charge in [-0.1, -0.05) is 41.9 Å². The molecule has 1 aliphatic carbocycles. The fraction of sp³-hybridized carbons (Fsp3) is 0.571. The van der Waals surface area contributed by atoms with E-state index < -0.39 is 0 Å². The van der Waals surface area contributed by atoms with E-state index in [0.717, 1.165) is 13.0 Å². The van der Waals surface area contributed by atoms with Crippen LogP contribution in [0.3, 0.4) is 0 Å². The molecule has 1 N–H and O–H groups in total. The quantitative estimate of drug-likeness (QED) is 0.849. The van der Waals surface area contributed by atoms with Crippen molar-refractivity contribution < 1.29 is 0 Å². The Bertz CT molecular complexity index is 358. The molecule has 1 fully saturated rings. The van der Waals surface area contributed by atoms with E-state index in [1.807, 2.05) is 0 Å². The first-order valence-electron chi connectivity index (χ1n) is 6.12. The maximum Gasteiger partial charge on any atom is 0.0318 e. The van der Waals surface area contributed by atoms with E-state index in [1.165, 1.54) is 22.9 Å². The second kappa shape index (κ2) is 4.89. The molecule has 16 heavy (non-hydrogen) atoms. The third-order valence-electron chi connectivity index (χ3n) is 3.54. The second-order valence-corrected chi connectivity index (χ2v) is 6.12. The molecule has 0 heterocycles. The summed E-state index contributed by atoms with van der Waals surface area (Å²) in [6.07, 6.45) is 3.91. The molecule has 0 aromatic heterocycles. The lowest BCUT2D eigenvalue weighted by molar-refractivity contribution is 0.433. The van der Waals surface area contributed by atoms with Crippen LogP contribution in [0, 0.1) is 5.41 Å². The molecule has 1 nitrogen and oxygen atoms in total. The highest BCUT2D eigenvalue weighted by Crippen LogP contribution is 2.44. The van der Waals surface area contributed by atoms with Crippen LogP contribution in [0.5, 0.6) is 0 Å². The number of nitrogens with one attached hydrogen (secondary N) is 1. The van der Waals surface area contributed by atoms with Gasteiger partial charge in [0.15, 0.2) is 0 Å². The van der Waals surface area contributed by atoms with Gasteiger partial charge < -0.3 is 5.32 Å². The second-order valence-electron chi connectivity index (χ2n) is 5.21. The van der Waals surface area contributed by atoms with Gasteiger partial charge in [-0.25, -0.2) is 0 Å². The van der Waals surface area contributed by atoms with Gasteiger partial charge in [0.1, 0.15) is 0 Å². The minimum absolute atomic E-state index is 0.495. The Morgan fingerprint density at radius 2 is 2.19 bits per heavy atom. The Labute approximate surface area is 107 Å². The highest BCUT2D eigenvalue weighted by atomic mass is 79.9. The smallest absolute Gasteiger partial charge is 0.0318 e. The summed E-state index contributed by atoms with van der Waals surface area (Å²) in [6, 6.07) is 9.12. The number of hydrogen-bond acceptors (Lipinski definition) is 1. The van der Waals surface area contributed by atoms with Gasteiger partial charge in [0.2, 0.25) is 0 Å². The van der Waals surface area contributed by atoms with Gasteiger partial charge in [0, 0.05) is 17.1 Å². The zero-order valence-electron chi connectivity index (χ0n) is 10.1. The first kappa shape index (κ1) is 12.1. The molecule has 2 rings (SSSR count). The molecule has 88 valence electrons. The number of rotatable bonds is 5. The van der Waals surface area contributed by atoms with Crippen molar-refractivity contribution in [2.75, 3.05) is 6.54 Å². The van der Waals surface area contributed by atoms with Gasteiger partial charge in [-0.2, -0.15) is 0 Å². The van der Waals surface area contributed by atoms with Gasteiger partial charge in [0.25, 0.3) is 0 Å². The average Bonchev–Trinajstić information content (AvgIpc) is 2.98. The van der Waals surface area contributed by atoms with Gasteiger partial charge in [0.05, 0.1) is 0 Å². The first-order chi connectivity index (χ1) is 7.63. The maximum atomic E-state index is 3.69. The zero-order chi connectivity index (χ0) is 11.6. The molecule has 0 aliphatic heterocycles. The van der Waals surface area contributed by atoms with E-state index in [9.17, 15) is 0 Å². The molecule has 1 aromatic rings. The molecule has 1 saturated carbocycles. The summed E-state index contributed by atoms with van der Waals surface area (Å²) in [5.74, 6) is 0. The Balaban J connectivity index is 1.98. The van der Waals surface area contributed by atoms with Crippen molar-refractivity contribution in [1.29, 1.82) is 0 Å². The number of benzene rings is 1.